The Kier molecular flexibility index (Phi) is 6.93. The molecule has 58 valence electrons. The normalized spacial score (nSPS) is 10.6. The third kappa shape index (κ3) is 6.02. The second-order valence-electron chi connectivity index (χ2n) is 2.22. The molecule has 0 aliphatic carbocycles. The summed E-state index contributed by atoms with van der Waals surface area (Å²) in [5.74, 6) is 0.213. The summed E-state index contributed by atoms with van der Waals surface area (Å²) in [4.78, 5) is 12.4. The number of unbranched alkanes of at least 4 members (excludes halogenated alkanes) is 2. The first-order chi connectivity index (χ1) is 4.81. The summed E-state index contributed by atoms with van der Waals surface area (Å²) in [6.45, 7) is 2.13. The van der Waals surface area contributed by atoms with Crippen LogP contribution in [0.2, 0.25) is 0 Å². The molecule has 0 aliphatic rings. The molecule has 0 spiro atoms. The van der Waals surface area contributed by atoms with Crippen molar-refractivity contribution in [1.29, 1.82) is 0 Å². The van der Waals surface area contributed by atoms with Gasteiger partial charge in [-0.25, -0.2) is 0 Å². The minimum absolute atomic E-state index is 0.213. The van der Waals surface area contributed by atoms with E-state index < -0.39 is 0 Å². The van der Waals surface area contributed by atoms with Crippen molar-refractivity contribution in [3.63, 3.8) is 0 Å². The summed E-state index contributed by atoms with van der Waals surface area (Å²) in [6, 6.07) is 0. The van der Waals surface area contributed by atoms with E-state index in [1.165, 1.54) is 6.42 Å². The molecule has 0 saturated heterocycles. The van der Waals surface area contributed by atoms with Crippen LogP contribution in [0.15, 0.2) is 11.1 Å². The van der Waals surface area contributed by atoms with Gasteiger partial charge in [0.05, 0.1) is 0 Å². The fraction of sp³-hybridized carbons (Fsp3) is 0.625. The number of ketones is 1. The second-order valence-corrected chi connectivity index (χ2v) is 2.74. The van der Waals surface area contributed by atoms with Crippen molar-refractivity contribution in [3.8, 4) is 0 Å². The highest BCUT2D eigenvalue weighted by Crippen LogP contribution is 2.00. The van der Waals surface area contributed by atoms with Gasteiger partial charge in [-0.05, 0) is 17.5 Å². The first kappa shape index (κ1) is 9.89. The number of carbonyl (C=O) groups excluding carboxylic acids is 1. The molecular formula is C8H13BrO. The van der Waals surface area contributed by atoms with Crippen molar-refractivity contribution in [2.75, 3.05) is 0 Å². The highest BCUT2D eigenvalue weighted by atomic mass is 79.9. The van der Waals surface area contributed by atoms with Crippen LogP contribution >= 0.6 is 15.9 Å². The molecular weight excluding hydrogens is 192 g/mol. The van der Waals surface area contributed by atoms with Crippen molar-refractivity contribution in [1.82, 2.24) is 0 Å². The third-order valence-corrected chi connectivity index (χ3v) is 1.54. The summed E-state index contributed by atoms with van der Waals surface area (Å²) in [5.41, 5.74) is 0. The Labute approximate surface area is 70.6 Å². The zero-order valence-corrected chi connectivity index (χ0v) is 7.86. The van der Waals surface area contributed by atoms with Crippen LogP contribution in [0, 0.1) is 0 Å². The summed E-state index contributed by atoms with van der Waals surface area (Å²) < 4.78 is 0. The maximum absolute atomic E-state index is 10.8. The standard InChI is InChI=1S/C8H13BrO/c1-2-3-4-5-8(10)6-7-9/h6-7H,2-5H2,1H3. The molecule has 0 bridgehead atoms. The molecule has 0 aliphatic heterocycles. The van der Waals surface area contributed by atoms with Gasteiger partial charge in [0.1, 0.15) is 0 Å². The number of hydrogen-bond acceptors (Lipinski definition) is 1. The van der Waals surface area contributed by atoms with E-state index >= 15 is 0 Å². The molecule has 0 unspecified atom stereocenters. The summed E-state index contributed by atoms with van der Waals surface area (Å²) in [6.07, 6.45) is 5.60. The average Bonchev–Trinajstić information content (AvgIpc) is 1.89. The average molecular weight is 205 g/mol. The van der Waals surface area contributed by atoms with Gasteiger partial charge in [0.2, 0.25) is 0 Å². The highest BCUT2D eigenvalue weighted by molar-refractivity contribution is 9.11. The lowest BCUT2D eigenvalue weighted by molar-refractivity contribution is -0.114. The van der Waals surface area contributed by atoms with E-state index in [4.69, 9.17) is 0 Å². The lowest BCUT2D eigenvalue weighted by Crippen LogP contribution is -1.90. The minimum atomic E-state index is 0.213. The predicted octanol–water partition coefficient (Wildman–Crippen LogP) is 3.04. The quantitative estimate of drug-likeness (QED) is 0.498. The Morgan fingerprint density at radius 2 is 2.20 bits per heavy atom. The van der Waals surface area contributed by atoms with Gasteiger partial charge in [-0.3, -0.25) is 4.79 Å². The van der Waals surface area contributed by atoms with Crippen LogP contribution in [0.3, 0.4) is 0 Å². The molecule has 0 aromatic carbocycles. The van der Waals surface area contributed by atoms with E-state index in [1.807, 2.05) is 0 Å². The van der Waals surface area contributed by atoms with Crippen molar-refractivity contribution in [2.45, 2.75) is 32.6 Å². The maximum atomic E-state index is 10.8. The largest absolute Gasteiger partial charge is 0.295 e. The Bertz CT molecular complexity index is 118. The molecule has 0 fully saturated rings. The zero-order valence-electron chi connectivity index (χ0n) is 6.27. The second kappa shape index (κ2) is 7.00. The first-order valence-electron chi connectivity index (χ1n) is 3.61. The molecule has 0 N–H and O–H groups in total. The van der Waals surface area contributed by atoms with Crippen LogP contribution in [0.1, 0.15) is 32.6 Å². The van der Waals surface area contributed by atoms with Gasteiger partial charge in [0.15, 0.2) is 5.78 Å². The van der Waals surface area contributed by atoms with E-state index in [2.05, 4.69) is 22.9 Å². The molecule has 0 radical (unpaired) electrons. The highest BCUT2D eigenvalue weighted by Gasteiger charge is 1.93. The van der Waals surface area contributed by atoms with Crippen molar-refractivity contribution in [3.05, 3.63) is 11.1 Å². The van der Waals surface area contributed by atoms with Crippen LogP contribution in [0.4, 0.5) is 0 Å². The van der Waals surface area contributed by atoms with Crippen LogP contribution in [0.5, 0.6) is 0 Å². The Morgan fingerprint density at radius 1 is 1.50 bits per heavy atom. The minimum Gasteiger partial charge on any atom is -0.295 e. The summed E-state index contributed by atoms with van der Waals surface area (Å²) >= 11 is 3.06. The molecule has 2 heteroatoms. The maximum Gasteiger partial charge on any atom is 0.156 e. The monoisotopic (exact) mass is 204 g/mol. The van der Waals surface area contributed by atoms with Crippen molar-refractivity contribution in [2.24, 2.45) is 0 Å². The molecule has 0 aromatic rings. The Morgan fingerprint density at radius 3 is 2.70 bits per heavy atom. The van der Waals surface area contributed by atoms with E-state index in [0.29, 0.717) is 6.42 Å². The van der Waals surface area contributed by atoms with E-state index in [9.17, 15) is 4.79 Å². The SMILES string of the molecule is CCCCCC(=O)C=CBr. The van der Waals surface area contributed by atoms with Crippen LogP contribution in [0.25, 0.3) is 0 Å². The van der Waals surface area contributed by atoms with E-state index in [0.717, 1.165) is 12.8 Å². The number of halogens is 1. The van der Waals surface area contributed by atoms with Gasteiger partial charge in [0, 0.05) is 6.42 Å². The lowest BCUT2D eigenvalue weighted by Gasteiger charge is -1.92. The Hall–Kier alpha value is -0.110. The van der Waals surface area contributed by atoms with Gasteiger partial charge in [0.25, 0.3) is 0 Å². The molecule has 0 saturated carbocycles. The summed E-state index contributed by atoms with van der Waals surface area (Å²) in [7, 11) is 0. The van der Waals surface area contributed by atoms with Crippen LogP contribution in [-0.2, 0) is 4.79 Å². The smallest absolute Gasteiger partial charge is 0.156 e. The van der Waals surface area contributed by atoms with Gasteiger partial charge < -0.3 is 0 Å². The van der Waals surface area contributed by atoms with Gasteiger partial charge in [-0.1, -0.05) is 35.7 Å². The van der Waals surface area contributed by atoms with Gasteiger partial charge in [-0.2, -0.15) is 0 Å². The Balaban J connectivity index is 3.22. The van der Waals surface area contributed by atoms with Crippen molar-refractivity contribution >= 4 is 21.7 Å². The van der Waals surface area contributed by atoms with Gasteiger partial charge >= 0.3 is 0 Å². The van der Waals surface area contributed by atoms with Crippen LogP contribution in [-0.4, -0.2) is 5.78 Å². The topological polar surface area (TPSA) is 17.1 Å². The molecule has 0 atom stereocenters. The molecule has 1 nitrogen and oxygen atoms in total. The number of hydrogen-bond donors (Lipinski definition) is 0. The molecule has 10 heavy (non-hydrogen) atoms. The molecule has 0 amide bonds. The molecule has 0 rings (SSSR count). The number of allylic oxidation sites excluding steroid dienone is 1. The summed E-state index contributed by atoms with van der Waals surface area (Å²) in [5, 5.41) is 0. The van der Waals surface area contributed by atoms with Crippen molar-refractivity contribution < 1.29 is 4.79 Å². The predicted molar refractivity (Wildman–Crippen MR) is 47.2 cm³/mol. The first-order valence-corrected chi connectivity index (χ1v) is 4.52. The number of rotatable bonds is 5. The van der Waals surface area contributed by atoms with Gasteiger partial charge in [-0.15, -0.1) is 0 Å². The molecule has 0 aromatic heterocycles. The van der Waals surface area contributed by atoms with Crippen LogP contribution < -0.4 is 0 Å². The van der Waals surface area contributed by atoms with E-state index in [1.54, 1.807) is 11.1 Å². The number of carbonyl (C=O) groups is 1. The fourth-order valence-electron chi connectivity index (χ4n) is 0.703. The molecule has 0 heterocycles. The van der Waals surface area contributed by atoms with E-state index in [-0.39, 0.29) is 5.78 Å². The fourth-order valence-corrected chi connectivity index (χ4v) is 0.998. The zero-order chi connectivity index (χ0) is 7.82. The third-order valence-electron chi connectivity index (χ3n) is 1.28. The lowest BCUT2D eigenvalue weighted by atomic mass is 10.1.